The average Bonchev–Trinajstić information content (AvgIpc) is 3.29. The Morgan fingerprint density at radius 2 is 1.53 bits per heavy atom. The van der Waals surface area contributed by atoms with Gasteiger partial charge in [0.05, 0.1) is 0 Å². The van der Waals surface area contributed by atoms with Crippen molar-refractivity contribution in [2.24, 2.45) is 11.8 Å². The van der Waals surface area contributed by atoms with Crippen LogP contribution < -0.4 is 10.4 Å². The van der Waals surface area contributed by atoms with Crippen molar-refractivity contribution in [3.05, 3.63) is 118 Å². The Hall–Kier alpha value is -3.64. The van der Waals surface area contributed by atoms with Gasteiger partial charge >= 0.3 is 0 Å². The fourth-order valence-electron chi connectivity index (χ4n) is 6.35. The molecule has 2 atom stereocenters. The summed E-state index contributed by atoms with van der Waals surface area (Å²) in [5.41, 5.74) is 11.4. The van der Waals surface area contributed by atoms with E-state index in [-0.39, 0.29) is 0 Å². The van der Waals surface area contributed by atoms with E-state index >= 15 is 0 Å². The smallest absolute Gasteiger partial charge is 0.0314 e. The van der Waals surface area contributed by atoms with Crippen LogP contribution in [0.25, 0.3) is 45.2 Å². The second-order valence-electron chi connectivity index (χ2n) is 8.88. The molecule has 0 heterocycles. The number of rotatable bonds is 0. The number of benzene rings is 3. The molecule has 8 rings (SSSR count). The molecule has 0 amide bonds. The fourth-order valence-corrected chi connectivity index (χ4v) is 6.35. The zero-order valence-electron chi connectivity index (χ0n) is 16.4. The van der Waals surface area contributed by atoms with E-state index in [1.54, 1.807) is 0 Å². The molecular weight excluding hydrogens is 360 g/mol. The minimum absolute atomic E-state index is 0.384. The maximum absolute atomic E-state index is 2.54. The molecule has 3 aromatic carbocycles. The molecule has 138 valence electrons. The molecule has 0 aromatic heterocycles. The van der Waals surface area contributed by atoms with Gasteiger partial charge in [-0.3, -0.25) is 0 Å². The molecule has 0 N–H and O–H groups in total. The van der Waals surface area contributed by atoms with E-state index in [1.165, 1.54) is 65.8 Å². The van der Waals surface area contributed by atoms with Gasteiger partial charge in [-0.15, -0.1) is 0 Å². The molecule has 0 aliphatic heterocycles. The highest BCUT2D eigenvalue weighted by molar-refractivity contribution is 6.15. The number of hydrogen-bond acceptors (Lipinski definition) is 0. The number of hydrogen-bond donors (Lipinski definition) is 0. The quantitative estimate of drug-likeness (QED) is 0.374. The third kappa shape index (κ3) is 1.66. The third-order valence-electron chi connectivity index (χ3n) is 7.53. The minimum Gasteiger partial charge on any atom is -0.0644 e. The highest BCUT2D eigenvalue weighted by atomic mass is 14.4. The molecule has 3 aromatic rings. The zero-order chi connectivity index (χ0) is 19.4. The lowest BCUT2D eigenvalue weighted by Gasteiger charge is -2.23. The average molecular weight is 378 g/mol. The van der Waals surface area contributed by atoms with Crippen molar-refractivity contribution in [1.29, 1.82) is 0 Å². The molecule has 0 spiro atoms. The van der Waals surface area contributed by atoms with Gasteiger partial charge in [-0.2, -0.15) is 0 Å². The Morgan fingerprint density at radius 1 is 0.700 bits per heavy atom. The second kappa shape index (κ2) is 5.09. The Bertz CT molecular complexity index is 1630. The normalized spacial score (nSPS) is 23.2. The standard InChI is InChI=1S/C30H18/c1-2-9-20-19(8-1)21-12-5-13-22-25-16-27-24-11-4-7-17-6-3-10-23(29(17)24)26(27)14-18(25)15-28(20)30(21)22/h1-16,27,29H. The van der Waals surface area contributed by atoms with Crippen molar-refractivity contribution in [1.82, 2.24) is 0 Å². The van der Waals surface area contributed by atoms with Crippen molar-refractivity contribution in [3.63, 3.8) is 0 Å². The van der Waals surface area contributed by atoms with E-state index in [1.807, 2.05) is 0 Å². The van der Waals surface area contributed by atoms with Gasteiger partial charge in [0.1, 0.15) is 0 Å². The molecule has 2 unspecified atom stereocenters. The number of allylic oxidation sites excluding steroid dienone is 10. The van der Waals surface area contributed by atoms with Crippen LogP contribution in [0.3, 0.4) is 0 Å². The van der Waals surface area contributed by atoms with Gasteiger partial charge < -0.3 is 0 Å². The van der Waals surface area contributed by atoms with E-state index in [2.05, 4.69) is 97.1 Å². The summed E-state index contributed by atoms with van der Waals surface area (Å²) in [6.07, 6.45) is 18.7. The molecule has 0 bridgehead atoms. The summed E-state index contributed by atoms with van der Waals surface area (Å²) < 4.78 is 0. The highest BCUT2D eigenvalue weighted by Gasteiger charge is 2.39. The van der Waals surface area contributed by atoms with Gasteiger partial charge in [-0.05, 0) is 77.9 Å². The van der Waals surface area contributed by atoms with E-state index in [4.69, 9.17) is 0 Å². The van der Waals surface area contributed by atoms with Gasteiger partial charge in [-0.1, -0.05) is 85.0 Å². The van der Waals surface area contributed by atoms with Gasteiger partial charge in [0, 0.05) is 11.8 Å². The van der Waals surface area contributed by atoms with E-state index in [0.29, 0.717) is 11.8 Å². The highest BCUT2D eigenvalue weighted by Crippen LogP contribution is 2.51. The van der Waals surface area contributed by atoms with E-state index in [0.717, 1.165) is 0 Å². The van der Waals surface area contributed by atoms with Crippen LogP contribution in [0.1, 0.15) is 0 Å². The summed E-state index contributed by atoms with van der Waals surface area (Å²) in [4.78, 5) is 0. The van der Waals surface area contributed by atoms with Crippen LogP contribution in [0, 0.1) is 11.8 Å². The first kappa shape index (κ1) is 15.2. The zero-order valence-corrected chi connectivity index (χ0v) is 16.4. The lowest BCUT2D eigenvalue weighted by atomic mass is 9.80. The molecular formula is C30H18. The molecule has 0 saturated heterocycles. The van der Waals surface area contributed by atoms with Gasteiger partial charge in [0.25, 0.3) is 0 Å². The van der Waals surface area contributed by atoms with Crippen molar-refractivity contribution >= 4 is 22.9 Å². The molecule has 0 heteroatoms. The first-order chi connectivity index (χ1) is 14.9. The summed E-state index contributed by atoms with van der Waals surface area (Å²) in [5.74, 6) is 0.825. The first-order valence-electron chi connectivity index (χ1n) is 10.8. The van der Waals surface area contributed by atoms with E-state index in [9.17, 15) is 0 Å². The SMILES string of the molecule is C1=CC2=CC=CC3=C4C=c5cc6c7c(cccc7c5=CC4C(=C1)C23)-c1ccccc1-6. The first-order valence-corrected chi connectivity index (χ1v) is 10.8. The minimum atomic E-state index is 0.384. The van der Waals surface area contributed by atoms with Gasteiger partial charge in [0.2, 0.25) is 0 Å². The summed E-state index contributed by atoms with van der Waals surface area (Å²) in [6, 6.07) is 18.1. The van der Waals surface area contributed by atoms with E-state index < -0.39 is 0 Å². The Morgan fingerprint density at radius 3 is 2.47 bits per heavy atom. The largest absolute Gasteiger partial charge is 0.0644 e. The monoisotopic (exact) mass is 378 g/mol. The lowest BCUT2D eigenvalue weighted by molar-refractivity contribution is 0.842. The second-order valence-corrected chi connectivity index (χ2v) is 8.88. The molecule has 0 saturated carbocycles. The van der Waals surface area contributed by atoms with Crippen LogP contribution in [-0.2, 0) is 0 Å². The molecule has 5 aliphatic carbocycles. The fraction of sp³-hybridized carbons (Fsp3) is 0.0667. The molecule has 5 aliphatic rings. The number of fused-ring (bicyclic) bond motifs is 7. The summed E-state index contributed by atoms with van der Waals surface area (Å²) in [6.45, 7) is 0. The topological polar surface area (TPSA) is 0 Å². The van der Waals surface area contributed by atoms with Crippen LogP contribution in [-0.4, -0.2) is 0 Å². The lowest BCUT2D eigenvalue weighted by Crippen LogP contribution is -2.30. The van der Waals surface area contributed by atoms with Gasteiger partial charge in [0.15, 0.2) is 0 Å². The maximum Gasteiger partial charge on any atom is 0.0314 e. The predicted molar refractivity (Wildman–Crippen MR) is 125 cm³/mol. The van der Waals surface area contributed by atoms with Crippen LogP contribution in [0.2, 0.25) is 0 Å². The predicted octanol–water partition coefficient (Wildman–Crippen LogP) is 5.60. The van der Waals surface area contributed by atoms with Crippen molar-refractivity contribution in [2.45, 2.75) is 0 Å². The van der Waals surface area contributed by atoms with Crippen LogP contribution in [0.5, 0.6) is 0 Å². The van der Waals surface area contributed by atoms with Crippen molar-refractivity contribution < 1.29 is 0 Å². The molecule has 0 radical (unpaired) electrons. The van der Waals surface area contributed by atoms with Crippen molar-refractivity contribution in [3.8, 4) is 22.3 Å². The maximum atomic E-state index is 2.54. The Balaban J connectivity index is 1.52. The Labute approximate surface area is 174 Å². The summed E-state index contributed by atoms with van der Waals surface area (Å²) in [7, 11) is 0. The summed E-state index contributed by atoms with van der Waals surface area (Å²) >= 11 is 0. The molecule has 0 fully saturated rings. The third-order valence-corrected chi connectivity index (χ3v) is 7.53. The Kier molecular flexibility index (Phi) is 2.59. The molecule has 0 nitrogen and oxygen atoms in total. The van der Waals surface area contributed by atoms with Crippen LogP contribution in [0.15, 0.2) is 107 Å². The van der Waals surface area contributed by atoms with Gasteiger partial charge in [-0.25, -0.2) is 0 Å². The van der Waals surface area contributed by atoms with Crippen molar-refractivity contribution in [2.75, 3.05) is 0 Å². The van der Waals surface area contributed by atoms with Crippen LogP contribution >= 0.6 is 0 Å². The summed E-state index contributed by atoms with van der Waals surface area (Å²) in [5, 5.41) is 5.58. The van der Waals surface area contributed by atoms with Crippen LogP contribution in [0.4, 0.5) is 0 Å². The molecule has 30 heavy (non-hydrogen) atoms.